The molecule has 1 saturated heterocycles. The zero-order valence-corrected chi connectivity index (χ0v) is 15.0. The van der Waals surface area contributed by atoms with Crippen LogP contribution in [0.2, 0.25) is 10.0 Å². The summed E-state index contributed by atoms with van der Waals surface area (Å²) in [6.07, 6.45) is 1.82. The van der Waals surface area contributed by atoms with E-state index in [1.54, 1.807) is 13.2 Å². The number of halogens is 2. The monoisotopic (exact) mass is 363 g/mol. The van der Waals surface area contributed by atoms with Gasteiger partial charge < -0.3 is 9.64 Å². The van der Waals surface area contributed by atoms with E-state index in [4.69, 9.17) is 27.9 Å². The van der Waals surface area contributed by atoms with Crippen LogP contribution in [0.1, 0.15) is 5.56 Å². The molecule has 0 bridgehead atoms. The first-order chi connectivity index (χ1) is 11.7. The maximum Gasteiger partial charge on any atom is 0.142 e. The molecule has 0 aliphatic carbocycles. The second kappa shape index (κ2) is 7.77. The minimum atomic E-state index is 0.543. The fraction of sp³-hybridized carbons (Fsp3) is 0.278. The van der Waals surface area contributed by atoms with Gasteiger partial charge in [-0.2, -0.15) is 5.10 Å². The molecule has 3 rings (SSSR count). The molecule has 0 saturated carbocycles. The molecule has 24 heavy (non-hydrogen) atoms. The lowest BCUT2D eigenvalue weighted by Gasteiger charge is -2.35. The third-order valence-corrected chi connectivity index (χ3v) is 4.73. The molecule has 0 aromatic heterocycles. The highest BCUT2D eigenvalue weighted by Crippen LogP contribution is 2.28. The summed E-state index contributed by atoms with van der Waals surface area (Å²) in [4.78, 5) is 2.32. The van der Waals surface area contributed by atoms with Gasteiger partial charge >= 0.3 is 0 Å². The predicted molar refractivity (Wildman–Crippen MR) is 101 cm³/mol. The number of benzene rings is 2. The van der Waals surface area contributed by atoms with Crippen LogP contribution in [-0.2, 0) is 0 Å². The van der Waals surface area contributed by atoms with E-state index in [0.717, 1.165) is 43.2 Å². The number of rotatable bonds is 4. The van der Waals surface area contributed by atoms with Crippen LogP contribution in [0.3, 0.4) is 0 Å². The van der Waals surface area contributed by atoms with Crippen molar-refractivity contribution in [3.63, 3.8) is 0 Å². The maximum atomic E-state index is 6.03. The molecular weight excluding hydrogens is 345 g/mol. The molecule has 1 aliphatic rings. The SMILES string of the molecule is COc1ccccc1N1CCN(/N=C\c2ccc(Cl)c(Cl)c2)CC1. The Bertz CT molecular complexity index is 728. The Hall–Kier alpha value is -1.91. The maximum absolute atomic E-state index is 6.03. The van der Waals surface area contributed by atoms with Gasteiger partial charge in [0.15, 0.2) is 0 Å². The molecule has 2 aromatic rings. The van der Waals surface area contributed by atoms with Crippen molar-refractivity contribution in [3.8, 4) is 5.75 Å². The van der Waals surface area contributed by atoms with Gasteiger partial charge in [0.05, 0.1) is 42.1 Å². The molecule has 4 nitrogen and oxygen atoms in total. The molecule has 0 radical (unpaired) electrons. The quantitative estimate of drug-likeness (QED) is 0.763. The smallest absolute Gasteiger partial charge is 0.142 e. The molecule has 126 valence electrons. The number of ether oxygens (including phenoxy) is 1. The van der Waals surface area contributed by atoms with Crippen molar-refractivity contribution in [1.82, 2.24) is 5.01 Å². The van der Waals surface area contributed by atoms with Crippen LogP contribution < -0.4 is 9.64 Å². The molecule has 0 amide bonds. The van der Waals surface area contributed by atoms with E-state index in [-0.39, 0.29) is 0 Å². The first kappa shape index (κ1) is 16.9. The standard InChI is InChI=1S/C18H19Cl2N3O/c1-24-18-5-3-2-4-17(18)22-8-10-23(11-9-22)21-13-14-6-7-15(19)16(20)12-14/h2-7,12-13H,8-11H2,1H3/b21-13-. The van der Waals surface area contributed by atoms with Crippen molar-refractivity contribution in [2.24, 2.45) is 5.10 Å². The van der Waals surface area contributed by atoms with Crippen LogP contribution in [0.5, 0.6) is 5.75 Å². The summed E-state index contributed by atoms with van der Waals surface area (Å²) in [6, 6.07) is 13.6. The van der Waals surface area contributed by atoms with E-state index >= 15 is 0 Å². The highest BCUT2D eigenvalue weighted by atomic mass is 35.5. The summed E-state index contributed by atoms with van der Waals surface area (Å²) in [7, 11) is 1.70. The van der Waals surface area contributed by atoms with Crippen molar-refractivity contribution in [1.29, 1.82) is 0 Å². The van der Waals surface area contributed by atoms with Crippen LogP contribution >= 0.6 is 23.2 Å². The fourth-order valence-corrected chi connectivity index (χ4v) is 2.99. The van der Waals surface area contributed by atoms with Gasteiger partial charge in [-0.25, -0.2) is 0 Å². The molecule has 1 aliphatic heterocycles. The largest absolute Gasteiger partial charge is 0.495 e. The summed E-state index contributed by atoms with van der Waals surface area (Å²) in [5, 5.41) is 7.71. The van der Waals surface area contributed by atoms with E-state index < -0.39 is 0 Å². The van der Waals surface area contributed by atoms with Gasteiger partial charge in [0.1, 0.15) is 5.75 Å². The Labute approximate surface area is 152 Å². The summed E-state index contributed by atoms with van der Waals surface area (Å²) in [5.41, 5.74) is 2.07. The topological polar surface area (TPSA) is 28.1 Å². The molecule has 0 unspecified atom stereocenters. The van der Waals surface area contributed by atoms with Crippen LogP contribution in [0, 0.1) is 0 Å². The summed E-state index contributed by atoms with van der Waals surface area (Å²) < 4.78 is 5.44. The van der Waals surface area contributed by atoms with Crippen molar-refractivity contribution >= 4 is 35.1 Å². The Morgan fingerprint density at radius 3 is 2.46 bits per heavy atom. The lowest BCUT2D eigenvalue weighted by atomic mass is 10.2. The third kappa shape index (κ3) is 3.94. The number of nitrogens with zero attached hydrogens (tertiary/aromatic N) is 3. The van der Waals surface area contributed by atoms with Crippen LogP contribution in [0.15, 0.2) is 47.6 Å². The highest BCUT2D eigenvalue weighted by Gasteiger charge is 2.18. The van der Waals surface area contributed by atoms with Gasteiger partial charge in [0.25, 0.3) is 0 Å². The van der Waals surface area contributed by atoms with Gasteiger partial charge in [-0.3, -0.25) is 5.01 Å². The van der Waals surface area contributed by atoms with Crippen molar-refractivity contribution < 1.29 is 4.74 Å². The number of hydrogen-bond acceptors (Lipinski definition) is 4. The van der Waals surface area contributed by atoms with E-state index in [1.807, 2.05) is 36.5 Å². The molecule has 2 aromatic carbocycles. The fourth-order valence-electron chi connectivity index (χ4n) is 2.68. The third-order valence-electron chi connectivity index (χ3n) is 4.00. The average Bonchev–Trinajstić information content (AvgIpc) is 2.63. The second-order valence-corrected chi connectivity index (χ2v) is 6.35. The second-order valence-electron chi connectivity index (χ2n) is 5.53. The molecule has 1 fully saturated rings. The number of methoxy groups -OCH3 is 1. The van der Waals surface area contributed by atoms with Crippen LogP contribution in [-0.4, -0.2) is 44.5 Å². The van der Waals surface area contributed by atoms with E-state index in [1.165, 1.54) is 0 Å². The van der Waals surface area contributed by atoms with Crippen LogP contribution in [0.4, 0.5) is 5.69 Å². The minimum Gasteiger partial charge on any atom is -0.495 e. The van der Waals surface area contributed by atoms with E-state index in [9.17, 15) is 0 Å². The summed E-state index contributed by atoms with van der Waals surface area (Å²) >= 11 is 12.0. The number of hydrazone groups is 1. The molecule has 0 spiro atoms. The lowest BCUT2D eigenvalue weighted by Crippen LogP contribution is -2.44. The van der Waals surface area contributed by atoms with Gasteiger partial charge in [-0.15, -0.1) is 0 Å². The number of piperazine rings is 1. The summed E-state index contributed by atoms with van der Waals surface area (Å²) in [5.74, 6) is 0.908. The first-order valence-electron chi connectivity index (χ1n) is 7.79. The van der Waals surface area contributed by atoms with Gasteiger partial charge in [-0.1, -0.05) is 41.4 Å². The summed E-state index contributed by atoms with van der Waals surface area (Å²) in [6.45, 7) is 3.52. The molecular formula is C18H19Cl2N3O. The Morgan fingerprint density at radius 2 is 1.75 bits per heavy atom. The van der Waals surface area contributed by atoms with Crippen molar-refractivity contribution in [2.45, 2.75) is 0 Å². The Kier molecular flexibility index (Phi) is 5.48. The zero-order chi connectivity index (χ0) is 16.9. The van der Waals surface area contributed by atoms with Crippen molar-refractivity contribution in [3.05, 3.63) is 58.1 Å². The Morgan fingerprint density at radius 1 is 1.00 bits per heavy atom. The van der Waals surface area contributed by atoms with E-state index in [0.29, 0.717) is 10.0 Å². The average molecular weight is 364 g/mol. The normalized spacial score (nSPS) is 15.1. The van der Waals surface area contributed by atoms with E-state index in [2.05, 4.69) is 21.1 Å². The van der Waals surface area contributed by atoms with Gasteiger partial charge in [0.2, 0.25) is 0 Å². The molecule has 0 atom stereocenters. The Balaban J connectivity index is 1.60. The molecule has 1 heterocycles. The molecule has 6 heteroatoms. The van der Waals surface area contributed by atoms with Crippen molar-refractivity contribution in [2.75, 3.05) is 38.2 Å². The first-order valence-corrected chi connectivity index (χ1v) is 8.55. The lowest BCUT2D eigenvalue weighted by molar-refractivity contribution is 0.271. The molecule has 0 N–H and O–H groups in total. The highest BCUT2D eigenvalue weighted by molar-refractivity contribution is 6.42. The zero-order valence-electron chi connectivity index (χ0n) is 13.5. The van der Waals surface area contributed by atoms with Crippen LogP contribution in [0.25, 0.3) is 0 Å². The number of anilines is 1. The van der Waals surface area contributed by atoms with Gasteiger partial charge in [-0.05, 0) is 29.8 Å². The predicted octanol–water partition coefficient (Wildman–Crippen LogP) is 4.16. The van der Waals surface area contributed by atoms with Gasteiger partial charge in [0, 0.05) is 13.1 Å². The number of hydrogen-bond donors (Lipinski definition) is 0. The minimum absolute atomic E-state index is 0.543. The number of para-hydroxylation sites is 2.